The molecule has 2 unspecified atom stereocenters. The zero-order chi connectivity index (χ0) is 18.0. The lowest BCUT2D eigenvalue weighted by molar-refractivity contribution is -0.138. The molecule has 130 valence electrons. The van der Waals surface area contributed by atoms with Crippen molar-refractivity contribution < 1.29 is 29.1 Å². The van der Waals surface area contributed by atoms with Crippen molar-refractivity contribution in [1.82, 2.24) is 16.0 Å². The number of ketones is 1. The topological polar surface area (TPSA) is 142 Å². The van der Waals surface area contributed by atoms with E-state index in [1.54, 1.807) is 6.26 Å². The number of aliphatic carboxylic acids is 1. The van der Waals surface area contributed by atoms with Gasteiger partial charge in [0.15, 0.2) is 5.78 Å². The quantitative estimate of drug-likeness (QED) is 0.377. The Balaban J connectivity index is 4.11. The first-order valence-corrected chi connectivity index (χ1v) is 8.05. The molecule has 0 fully saturated rings. The second kappa shape index (κ2) is 10.6. The second-order valence-electron chi connectivity index (χ2n) is 4.72. The summed E-state index contributed by atoms with van der Waals surface area (Å²) in [6.45, 7) is 2.16. The van der Waals surface area contributed by atoms with Crippen molar-refractivity contribution >= 4 is 41.2 Å². The Hall–Kier alpha value is -2.10. The predicted octanol–water partition coefficient (Wildman–Crippen LogP) is -1.48. The van der Waals surface area contributed by atoms with Crippen molar-refractivity contribution in [2.24, 2.45) is 0 Å². The Kier molecular flexibility index (Phi) is 9.63. The van der Waals surface area contributed by atoms with E-state index in [9.17, 15) is 24.0 Å². The first kappa shape index (κ1) is 20.9. The van der Waals surface area contributed by atoms with E-state index in [0.717, 1.165) is 11.8 Å². The molecule has 0 aliphatic carbocycles. The minimum atomic E-state index is -1.11. The molecule has 0 aromatic carbocycles. The lowest BCUT2D eigenvalue weighted by Crippen LogP contribution is -2.46. The third-order valence-corrected chi connectivity index (χ3v) is 3.74. The number of amides is 3. The number of nitrogens with one attached hydrogen (secondary N) is 3. The average molecular weight is 347 g/mol. The molecule has 0 aliphatic rings. The van der Waals surface area contributed by atoms with Gasteiger partial charge in [-0.05, 0) is 20.1 Å². The van der Waals surface area contributed by atoms with Gasteiger partial charge in [-0.2, -0.15) is 11.8 Å². The molecular formula is C13H21N3O6S. The molecule has 0 aromatic heterocycles. The fourth-order valence-electron chi connectivity index (χ4n) is 1.36. The van der Waals surface area contributed by atoms with E-state index in [1.807, 2.05) is 0 Å². The van der Waals surface area contributed by atoms with Crippen molar-refractivity contribution in [3.05, 3.63) is 0 Å². The summed E-state index contributed by atoms with van der Waals surface area (Å²) in [7, 11) is 0. The number of hydrogen-bond acceptors (Lipinski definition) is 6. The Labute approximate surface area is 137 Å². The summed E-state index contributed by atoms with van der Waals surface area (Å²) in [4.78, 5) is 56.2. The molecule has 9 nitrogen and oxygen atoms in total. The third-order valence-electron chi connectivity index (χ3n) is 2.79. The van der Waals surface area contributed by atoms with Gasteiger partial charge in [0.25, 0.3) is 0 Å². The van der Waals surface area contributed by atoms with Crippen LogP contribution in [0.25, 0.3) is 0 Å². The maximum Gasteiger partial charge on any atom is 0.305 e. The van der Waals surface area contributed by atoms with E-state index in [1.165, 1.54) is 13.8 Å². The maximum atomic E-state index is 11.7. The minimum Gasteiger partial charge on any atom is -0.481 e. The van der Waals surface area contributed by atoms with Crippen LogP contribution < -0.4 is 16.0 Å². The zero-order valence-corrected chi connectivity index (χ0v) is 14.0. The first-order chi connectivity index (χ1) is 10.7. The van der Waals surface area contributed by atoms with Crippen LogP contribution in [-0.4, -0.2) is 65.2 Å². The summed E-state index contributed by atoms with van der Waals surface area (Å²) in [6, 6.07) is -0.641. The van der Waals surface area contributed by atoms with E-state index < -0.39 is 35.0 Å². The fourth-order valence-corrected chi connectivity index (χ4v) is 1.97. The molecule has 0 heterocycles. The standard InChI is InChI=1S/C13H21N3O6S/c1-7(8(2)17)16-11(19)6-14-10(18)5-15-13(22)9(23-3)4-12(20)21/h7,9H,4-6H2,1-3H3,(H,14,18)(H,15,22)(H,16,19)(H,20,21). The zero-order valence-electron chi connectivity index (χ0n) is 13.2. The summed E-state index contributed by atoms with van der Waals surface area (Å²) in [6.07, 6.45) is 1.24. The maximum absolute atomic E-state index is 11.7. The number of carbonyl (C=O) groups excluding carboxylic acids is 4. The van der Waals surface area contributed by atoms with E-state index >= 15 is 0 Å². The highest BCUT2D eigenvalue weighted by atomic mass is 32.2. The Bertz CT molecular complexity index is 482. The molecule has 2 atom stereocenters. The van der Waals surface area contributed by atoms with Gasteiger partial charge >= 0.3 is 5.97 Å². The van der Waals surface area contributed by atoms with Gasteiger partial charge in [-0.15, -0.1) is 0 Å². The predicted molar refractivity (Wildman–Crippen MR) is 83.9 cm³/mol. The van der Waals surface area contributed by atoms with Gasteiger partial charge in [0.2, 0.25) is 17.7 Å². The SMILES string of the molecule is CSC(CC(=O)O)C(=O)NCC(=O)NCC(=O)NC(C)C(C)=O. The smallest absolute Gasteiger partial charge is 0.305 e. The van der Waals surface area contributed by atoms with Crippen LogP contribution in [0.4, 0.5) is 0 Å². The van der Waals surface area contributed by atoms with Crippen molar-refractivity contribution in [2.75, 3.05) is 19.3 Å². The van der Waals surface area contributed by atoms with Crippen molar-refractivity contribution in [2.45, 2.75) is 31.6 Å². The molecule has 10 heteroatoms. The van der Waals surface area contributed by atoms with E-state index in [4.69, 9.17) is 5.11 Å². The summed E-state index contributed by atoms with van der Waals surface area (Å²) in [5.74, 6) is -3.01. The second-order valence-corrected chi connectivity index (χ2v) is 5.76. The summed E-state index contributed by atoms with van der Waals surface area (Å²) < 4.78 is 0. The van der Waals surface area contributed by atoms with E-state index in [-0.39, 0.29) is 25.3 Å². The molecule has 4 N–H and O–H groups in total. The molecule has 0 aromatic rings. The van der Waals surface area contributed by atoms with Gasteiger partial charge in [-0.25, -0.2) is 0 Å². The summed E-state index contributed by atoms with van der Waals surface area (Å²) >= 11 is 1.07. The monoisotopic (exact) mass is 347 g/mol. The fraction of sp³-hybridized carbons (Fsp3) is 0.615. The van der Waals surface area contributed by atoms with Crippen LogP contribution >= 0.6 is 11.8 Å². The van der Waals surface area contributed by atoms with Crippen molar-refractivity contribution in [1.29, 1.82) is 0 Å². The molecule has 3 amide bonds. The van der Waals surface area contributed by atoms with Crippen LogP contribution in [0.2, 0.25) is 0 Å². The molecule has 0 radical (unpaired) electrons. The van der Waals surface area contributed by atoms with Crippen LogP contribution in [0.15, 0.2) is 0 Å². The van der Waals surface area contributed by atoms with Crippen LogP contribution in [0, 0.1) is 0 Å². The Morgan fingerprint density at radius 3 is 2.09 bits per heavy atom. The summed E-state index contributed by atoms with van der Waals surface area (Å²) in [5.41, 5.74) is 0. The lowest BCUT2D eigenvalue weighted by Gasteiger charge is -2.13. The highest BCUT2D eigenvalue weighted by Gasteiger charge is 2.21. The van der Waals surface area contributed by atoms with Gasteiger partial charge in [0, 0.05) is 0 Å². The van der Waals surface area contributed by atoms with Gasteiger partial charge in [-0.1, -0.05) is 0 Å². The highest BCUT2D eigenvalue weighted by molar-refractivity contribution is 7.99. The van der Waals surface area contributed by atoms with Crippen LogP contribution in [-0.2, 0) is 24.0 Å². The molecule has 0 bridgehead atoms. The third kappa shape index (κ3) is 9.51. The molecule has 0 rings (SSSR count). The number of Topliss-reactive ketones (excluding diaryl/α,β-unsaturated/α-hetero) is 1. The molecule has 0 spiro atoms. The Morgan fingerprint density at radius 1 is 1.04 bits per heavy atom. The van der Waals surface area contributed by atoms with Crippen LogP contribution in [0.1, 0.15) is 20.3 Å². The molecular weight excluding hydrogens is 326 g/mol. The molecule has 23 heavy (non-hydrogen) atoms. The average Bonchev–Trinajstić information content (AvgIpc) is 2.47. The summed E-state index contributed by atoms with van der Waals surface area (Å²) in [5, 5.41) is 14.8. The van der Waals surface area contributed by atoms with E-state index in [0.29, 0.717) is 0 Å². The first-order valence-electron chi connectivity index (χ1n) is 6.76. The highest BCUT2D eigenvalue weighted by Crippen LogP contribution is 2.10. The van der Waals surface area contributed by atoms with Crippen LogP contribution in [0.3, 0.4) is 0 Å². The number of carboxylic acids is 1. The largest absolute Gasteiger partial charge is 0.481 e. The van der Waals surface area contributed by atoms with Crippen LogP contribution in [0.5, 0.6) is 0 Å². The number of carbonyl (C=O) groups is 5. The Morgan fingerprint density at radius 2 is 1.61 bits per heavy atom. The van der Waals surface area contributed by atoms with Gasteiger partial charge < -0.3 is 21.1 Å². The number of rotatable bonds is 10. The van der Waals surface area contributed by atoms with Crippen molar-refractivity contribution in [3.8, 4) is 0 Å². The lowest BCUT2D eigenvalue weighted by atomic mass is 10.2. The number of thioether (sulfide) groups is 1. The molecule has 0 saturated carbocycles. The minimum absolute atomic E-state index is 0.210. The molecule has 0 saturated heterocycles. The van der Waals surface area contributed by atoms with Crippen molar-refractivity contribution in [3.63, 3.8) is 0 Å². The normalized spacial score (nSPS) is 12.7. The van der Waals surface area contributed by atoms with Gasteiger partial charge in [-0.3, -0.25) is 24.0 Å². The number of hydrogen-bond donors (Lipinski definition) is 4. The number of carboxylic acid groups (broad SMARTS) is 1. The van der Waals surface area contributed by atoms with Gasteiger partial charge in [0.05, 0.1) is 30.8 Å². The van der Waals surface area contributed by atoms with Gasteiger partial charge in [0.1, 0.15) is 0 Å². The van der Waals surface area contributed by atoms with E-state index in [2.05, 4.69) is 16.0 Å². The molecule has 0 aliphatic heterocycles.